The molecule has 2 aromatic carbocycles. The molecule has 7 nitrogen and oxygen atoms in total. The Morgan fingerprint density at radius 1 is 1.09 bits per heavy atom. The first kappa shape index (κ1) is 16.0. The second kappa shape index (κ2) is 7.08. The number of nitrogens with one attached hydrogen (secondary N) is 2. The van der Waals surface area contributed by atoms with Crippen molar-refractivity contribution in [2.24, 2.45) is 0 Å². The van der Waals surface area contributed by atoms with Gasteiger partial charge in [-0.15, -0.1) is 0 Å². The van der Waals surface area contributed by atoms with E-state index >= 15 is 0 Å². The maximum atomic E-state index is 12.0. The molecule has 0 aromatic heterocycles. The van der Waals surface area contributed by atoms with Crippen LogP contribution in [0.3, 0.4) is 0 Å². The van der Waals surface area contributed by atoms with Crippen LogP contribution in [0.1, 0.15) is 15.9 Å². The molecule has 23 heavy (non-hydrogen) atoms. The van der Waals surface area contributed by atoms with Gasteiger partial charge in [0.1, 0.15) is 0 Å². The molecule has 0 bridgehead atoms. The molecule has 2 aromatic rings. The van der Waals surface area contributed by atoms with Gasteiger partial charge in [0, 0.05) is 17.1 Å². The van der Waals surface area contributed by atoms with Crippen LogP contribution in [0.15, 0.2) is 42.5 Å². The van der Waals surface area contributed by atoms with Gasteiger partial charge in [-0.3, -0.25) is 9.59 Å². The van der Waals surface area contributed by atoms with Gasteiger partial charge in [0.2, 0.25) is 12.3 Å². The number of amides is 2. The zero-order chi connectivity index (χ0) is 16.8. The minimum Gasteiger partial charge on any atom is -0.478 e. The molecule has 2 rings (SSSR count). The average molecular weight is 313 g/mol. The summed E-state index contributed by atoms with van der Waals surface area (Å²) in [7, 11) is 0. The standard InChI is InChI=1S/C16H15N3O4/c17-12-3-1-10(2-4-12)5-15(21)19-14-7-11(16(22)23)6-13(8-14)18-9-20/h1-4,6-9H,5,17H2,(H,18,20)(H,19,21)(H,22,23). The predicted octanol–water partition coefficient (Wildman–Crippen LogP) is 1.72. The van der Waals surface area contributed by atoms with E-state index in [1.54, 1.807) is 24.3 Å². The maximum Gasteiger partial charge on any atom is 0.335 e. The van der Waals surface area contributed by atoms with Crippen LogP contribution in [0.5, 0.6) is 0 Å². The first-order valence-corrected chi connectivity index (χ1v) is 6.71. The summed E-state index contributed by atoms with van der Waals surface area (Å²) < 4.78 is 0. The van der Waals surface area contributed by atoms with Gasteiger partial charge in [-0.1, -0.05) is 12.1 Å². The van der Waals surface area contributed by atoms with E-state index in [1.165, 1.54) is 18.2 Å². The number of carboxylic acids is 1. The van der Waals surface area contributed by atoms with Gasteiger partial charge in [0.15, 0.2) is 0 Å². The fourth-order valence-electron chi connectivity index (χ4n) is 2.00. The van der Waals surface area contributed by atoms with E-state index in [4.69, 9.17) is 10.8 Å². The monoisotopic (exact) mass is 313 g/mol. The molecule has 0 aliphatic heterocycles. The Morgan fingerprint density at radius 3 is 2.35 bits per heavy atom. The van der Waals surface area contributed by atoms with Crippen LogP contribution in [-0.4, -0.2) is 23.4 Å². The third-order valence-electron chi connectivity index (χ3n) is 3.03. The molecule has 0 aliphatic carbocycles. The summed E-state index contributed by atoms with van der Waals surface area (Å²) in [6, 6.07) is 11.0. The zero-order valence-electron chi connectivity index (χ0n) is 12.1. The molecule has 0 heterocycles. The van der Waals surface area contributed by atoms with Gasteiger partial charge in [-0.05, 0) is 35.9 Å². The van der Waals surface area contributed by atoms with E-state index < -0.39 is 5.97 Å². The highest BCUT2D eigenvalue weighted by atomic mass is 16.4. The quantitative estimate of drug-likeness (QED) is 0.478. The average Bonchev–Trinajstić information content (AvgIpc) is 2.49. The lowest BCUT2D eigenvalue weighted by molar-refractivity contribution is -0.115. The molecule has 7 heteroatoms. The van der Waals surface area contributed by atoms with Gasteiger partial charge in [-0.2, -0.15) is 0 Å². The SMILES string of the molecule is Nc1ccc(CC(=O)Nc2cc(NC=O)cc(C(=O)O)c2)cc1. The Morgan fingerprint density at radius 2 is 1.74 bits per heavy atom. The van der Waals surface area contributed by atoms with Crippen molar-refractivity contribution in [2.75, 3.05) is 16.4 Å². The van der Waals surface area contributed by atoms with Gasteiger partial charge in [-0.25, -0.2) is 4.79 Å². The molecule has 0 radical (unpaired) electrons. The van der Waals surface area contributed by atoms with Crippen molar-refractivity contribution in [3.8, 4) is 0 Å². The van der Waals surface area contributed by atoms with Crippen molar-refractivity contribution in [1.29, 1.82) is 0 Å². The molecule has 118 valence electrons. The lowest BCUT2D eigenvalue weighted by atomic mass is 10.1. The number of carbonyl (C=O) groups excluding carboxylic acids is 2. The number of nitrogens with two attached hydrogens (primary N) is 1. The summed E-state index contributed by atoms with van der Waals surface area (Å²) in [5.41, 5.74) is 7.48. The largest absolute Gasteiger partial charge is 0.478 e. The molecular weight excluding hydrogens is 298 g/mol. The van der Waals surface area contributed by atoms with Crippen molar-refractivity contribution < 1.29 is 19.5 Å². The molecule has 0 atom stereocenters. The smallest absolute Gasteiger partial charge is 0.335 e. The number of carboxylic acid groups (broad SMARTS) is 1. The molecule has 0 saturated carbocycles. The van der Waals surface area contributed by atoms with Crippen molar-refractivity contribution >= 4 is 35.3 Å². The number of hydrogen-bond donors (Lipinski definition) is 4. The van der Waals surface area contributed by atoms with E-state index in [1.807, 2.05) is 0 Å². The molecular formula is C16H15N3O4. The van der Waals surface area contributed by atoms with Crippen LogP contribution >= 0.6 is 0 Å². The van der Waals surface area contributed by atoms with E-state index in [0.717, 1.165) is 5.56 Å². The van der Waals surface area contributed by atoms with E-state index in [-0.39, 0.29) is 29.3 Å². The fourth-order valence-corrected chi connectivity index (χ4v) is 2.00. The Balaban J connectivity index is 2.14. The van der Waals surface area contributed by atoms with E-state index in [9.17, 15) is 14.4 Å². The fraction of sp³-hybridized carbons (Fsp3) is 0.0625. The first-order chi connectivity index (χ1) is 11.0. The zero-order valence-corrected chi connectivity index (χ0v) is 12.1. The number of aromatic carboxylic acids is 1. The summed E-state index contributed by atoms with van der Waals surface area (Å²) in [5.74, 6) is -1.47. The number of rotatable bonds is 6. The van der Waals surface area contributed by atoms with Crippen LogP contribution in [-0.2, 0) is 16.0 Å². The van der Waals surface area contributed by atoms with Gasteiger partial charge in [0.05, 0.1) is 12.0 Å². The van der Waals surface area contributed by atoms with E-state index in [0.29, 0.717) is 12.1 Å². The first-order valence-electron chi connectivity index (χ1n) is 6.71. The van der Waals surface area contributed by atoms with Crippen LogP contribution in [0.2, 0.25) is 0 Å². The molecule has 0 aliphatic rings. The second-order valence-corrected chi connectivity index (χ2v) is 4.83. The lowest BCUT2D eigenvalue weighted by Gasteiger charge is -2.09. The van der Waals surface area contributed by atoms with Gasteiger partial charge < -0.3 is 21.5 Å². The van der Waals surface area contributed by atoms with E-state index in [2.05, 4.69) is 10.6 Å². The normalized spacial score (nSPS) is 9.91. The number of benzene rings is 2. The highest BCUT2D eigenvalue weighted by Gasteiger charge is 2.10. The van der Waals surface area contributed by atoms with Crippen LogP contribution in [0.25, 0.3) is 0 Å². The van der Waals surface area contributed by atoms with Gasteiger partial charge >= 0.3 is 5.97 Å². The summed E-state index contributed by atoms with van der Waals surface area (Å²) in [6.45, 7) is 0. The Bertz CT molecular complexity index is 741. The summed E-state index contributed by atoms with van der Waals surface area (Å²) in [4.78, 5) is 33.6. The van der Waals surface area contributed by atoms with Crippen LogP contribution in [0, 0.1) is 0 Å². The minimum atomic E-state index is -1.16. The summed E-state index contributed by atoms with van der Waals surface area (Å²) in [5, 5.41) is 14.0. The van der Waals surface area contributed by atoms with Gasteiger partial charge in [0.25, 0.3) is 0 Å². The summed E-state index contributed by atoms with van der Waals surface area (Å²) >= 11 is 0. The molecule has 5 N–H and O–H groups in total. The molecule has 0 fully saturated rings. The third kappa shape index (κ3) is 4.57. The minimum absolute atomic E-state index is 0.0420. The highest BCUT2D eigenvalue weighted by molar-refractivity contribution is 5.96. The lowest BCUT2D eigenvalue weighted by Crippen LogP contribution is -2.15. The summed E-state index contributed by atoms with van der Waals surface area (Å²) in [6.07, 6.45) is 0.551. The Kier molecular flexibility index (Phi) is 4.93. The van der Waals surface area contributed by atoms with Crippen molar-refractivity contribution in [3.63, 3.8) is 0 Å². The number of nitrogen functional groups attached to an aromatic ring is 1. The Hall–Kier alpha value is -3.35. The van der Waals surface area contributed by atoms with Crippen molar-refractivity contribution in [2.45, 2.75) is 6.42 Å². The van der Waals surface area contributed by atoms with Crippen molar-refractivity contribution in [1.82, 2.24) is 0 Å². The predicted molar refractivity (Wildman–Crippen MR) is 86.3 cm³/mol. The van der Waals surface area contributed by atoms with Crippen LogP contribution in [0.4, 0.5) is 17.1 Å². The number of anilines is 3. The van der Waals surface area contributed by atoms with Crippen LogP contribution < -0.4 is 16.4 Å². The highest BCUT2D eigenvalue weighted by Crippen LogP contribution is 2.19. The molecule has 2 amide bonds. The number of carbonyl (C=O) groups is 3. The molecule has 0 saturated heterocycles. The second-order valence-electron chi connectivity index (χ2n) is 4.83. The Labute approximate surface area is 132 Å². The number of hydrogen-bond acceptors (Lipinski definition) is 4. The molecule has 0 spiro atoms. The maximum absolute atomic E-state index is 12.0. The topological polar surface area (TPSA) is 122 Å². The molecule has 0 unspecified atom stereocenters. The third-order valence-corrected chi connectivity index (χ3v) is 3.03. The van der Waals surface area contributed by atoms with Crippen molar-refractivity contribution in [3.05, 3.63) is 53.6 Å².